The molecule has 0 saturated carbocycles. The van der Waals surface area contributed by atoms with E-state index >= 15 is 0 Å². The first kappa shape index (κ1) is 29.5. The first-order chi connectivity index (χ1) is 6.06. The molecule has 0 spiro atoms. The van der Waals surface area contributed by atoms with Crippen molar-refractivity contribution < 1.29 is 29.3 Å². The molecule has 0 aromatic heterocycles. The van der Waals surface area contributed by atoms with Crippen LogP contribution in [0.1, 0.15) is 42.5 Å². The molecule has 0 atom stereocenters. The van der Waals surface area contributed by atoms with Gasteiger partial charge in [0.1, 0.15) is 0 Å². The Hall–Kier alpha value is -1.59. The number of carbonyl (C=O) groups is 3. The highest BCUT2D eigenvalue weighted by Crippen LogP contribution is 2.08. The number of rotatable bonds is 7. The van der Waals surface area contributed by atoms with Gasteiger partial charge in [-0.2, -0.15) is 0 Å². The summed E-state index contributed by atoms with van der Waals surface area (Å²) in [5.41, 5.74) is 0. The van der Waals surface area contributed by atoms with E-state index in [0.717, 1.165) is 0 Å². The zero-order chi connectivity index (χ0) is 10.3. The second kappa shape index (κ2) is 16.8. The quantitative estimate of drug-likeness (QED) is 0.676. The lowest BCUT2D eigenvalue weighted by atomic mass is 10.0. The minimum Gasteiger partial charge on any atom is -0.481 e. The molecule has 0 aromatic rings. The molecule has 0 saturated heterocycles. The highest BCUT2D eigenvalue weighted by molar-refractivity contribution is 5.70. The summed E-state index contributed by atoms with van der Waals surface area (Å²) in [6.07, 6.45) is -0.639. The Kier molecular flexibility index (Phi) is 29.2. The van der Waals surface area contributed by atoms with Gasteiger partial charge in [0.2, 0.25) is 0 Å². The molecule has 0 bridgehead atoms. The van der Waals surface area contributed by atoms with E-state index < -0.39 is 17.9 Å². The van der Waals surface area contributed by atoms with Gasteiger partial charge in [0.05, 0.1) is 19.4 Å². The molecule has 0 aromatic carbocycles. The fourth-order valence-corrected chi connectivity index (χ4v) is 0.859. The van der Waals surface area contributed by atoms with Crippen molar-refractivity contribution >= 4 is 18.4 Å². The zero-order valence-electron chi connectivity index (χ0n) is 6.80. The largest absolute Gasteiger partial charge is 0.481 e. The van der Waals surface area contributed by atoms with E-state index in [0.29, 0.717) is 0 Å². The molecular formula is C11H26O6. The average Bonchev–Trinajstić information content (AvgIpc) is 1.98. The van der Waals surface area contributed by atoms with Crippen molar-refractivity contribution in [3.8, 4) is 0 Å². The molecular weight excluding hydrogens is 228 g/mol. The summed E-state index contributed by atoms with van der Waals surface area (Å²) in [6.45, 7) is -0.0151. The normalized spacial score (nSPS) is 7.35. The lowest BCUT2D eigenvalue weighted by Gasteiger charge is -2.09. The Labute approximate surface area is 104 Å². The molecule has 0 fully saturated rings. The molecule has 6 nitrogen and oxygen atoms in total. The summed E-state index contributed by atoms with van der Waals surface area (Å²) in [5.74, 6) is -2.89. The van der Waals surface area contributed by atoms with Gasteiger partial charge in [0.25, 0.3) is 6.47 Å². The van der Waals surface area contributed by atoms with Crippen LogP contribution in [0.4, 0.5) is 0 Å². The molecule has 106 valence electrons. The number of ether oxygens (including phenoxy) is 1. The lowest BCUT2D eigenvalue weighted by Crippen LogP contribution is -2.17. The maximum atomic E-state index is 10.2. The summed E-state index contributed by atoms with van der Waals surface area (Å²) < 4.78 is 4.29. The summed E-state index contributed by atoms with van der Waals surface area (Å²) in [6, 6.07) is 0. The van der Waals surface area contributed by atoms with Crippen LogP contribution in [0.25, 0.3) is 0 Å². The fourth-order valence-electron chi connectivity index (χ4n) is 0.859. The minimum absolute atomic E-state index is 0. The average molecular weight is 254 g/mol. The molecule has 0 radical (unpaired) electrons. The smallest absolute Gasteiger partial charge is 0.303 e. The van der Waals surface area contributed by atoms with E-state index in [1.54, 1.807) is 0 Å². The Bertz CT molecular complexity index is 186. The third-order valence-electron chi connectivity index (χ3n) is 1.33. The van der Waals surface area contributed by atoms with Crippen molar-refractivity contribution in [3.63, 3.8) is 0 Å². The Morgan fingerprint density at radius 1 is 1.00 bits per heavy atom. The fraction of sp³-hybridized carbons (Fsp3) is 0.727. The standard InChI is InChI=1S/C7H10O6.4CH4/c8-4-13-3-5(1-6(9)10)2-7(11)12;;;;/h4-5H,1-3H2,(H,9,10)(H,11,12);4*1H4. The van der Waals surface area contributed by atoms with E-state index in [9.17, 15) is 14.4 Å². The highest BCUT2D eigenvalue weighted by Gasteiger charge is 2.17. The minimum atomic E-state index is -1.11. The van der Waals surface area contributed by atoms with Crippen LogP contribution >= 0.6 is 0 Å². The molecule has 0 rings (SSSR count). The lowest BCUT2D eigenvalue weighted by molar-refractivity contribution is -0.144. The van der Waals surface area contributed by atoms with Gasteiger partial charge in [-0.1, -0.05) is 29.7 Å². The molecule has 0 heterocycles. The molecule has 0 aliphatic carbocycles. The third-order valence-corrected chi connectivity index (χ3v) is 1.33. The first-order valence-corrected chi connectivity index (χ1v) is 3.55. The van der Waals surface area contributed by atoms with Crippen LogP contribution in [0.2, 0.25) is 0 Å². The van der Waals surface area contributed by atoms with Crippen LogP contribution in [-0.4, -0.2) is 35.2 Å². The van der Waals surface area contributed by atoms with Crippen molar-refractivity contribution in [3.05, 3.63) is 0 Å². The van der Waals surface area contributed by atoms with Gasteiger partial charge in [-0.3, -0.25) is 14.4 Å². The van der Waals surface area contributed by atoms with Gasteiger partial charge in [-0.05, 0) is 0 Å². The zero-order valence-corrected chi connectivity index (χ0v) is 6.80. The van der Waals surface area contributed by atoms with Gasteiger partial charge in [0, 0.05) is 5.92 Å². The Balaban J connectivity index is -0.000000120. The molecule has 0 unspecified atom stereocenters. The Morgan fingerprint density at radius 3 is 1.59 bits per heavy atom. The molecule has 0 aliphatic heterocycles. The maximum Gasteiger partial charge on any atom is 0.303 e. The SMILES string of the molecule is C.C.C.C.O=COCC(CC(=O)O)CC(=O)O. The molecule has 0 aliphatic rings. The van der Waals surface area contributed by atoms with Crippen LogP contribution in [0.15, 0.2) is 0 Å². The number of carboxylic acids is 2. The number of hydrogen-bond donors (Lipinski definition) is 2. The second-order valence-electron chi connectivity index (χ2n) is 2.49. The van der Waals surface area contributed by atoms with Crippen LogP contribution in [0, 0.1) is 5.92 Å². The number of aliphatic carboxylic acids is 2. The summed E-state index contributed by atoms with van der Waals surface area (Å²) in [4.78, 5) is 30.2. The summed E-state index contributed by atoms with van der Waals surface area (Å²) in [7, 11) is 0. The van der Waals surface area contributed by atoms with E-state index in [1.165, 1.54) is 0 Å². The second-order valence-corrected chi connectivity index (χ2v) is 2.49. The first-order valence-electron chi connectivity index (χ1n) is 3.55. The van der Waals surface area contributed by atoms with Gasteiger partial charge >= 0.3 is 11.9 Å². The van der Waals surface area contributed by atoms with E-state index in [-0.39, 0.29) is 55.6 Å². The van der Waals surface area contributed by atoms with E-state index in [1.807, 2.05) is 0 Å². The van der Waals surface area contributed by atoms with Crippen LogP contribution in [-0.2, 0) is 19.1 Å². The van der Waals surface area contributed by atoms with Crippen molar-refractivity contribution in [2.75, 3.05) is 6.61 Å². The molecule has 17 heavy (non-hydrogen) atoms. The van der Waals surface area contributed by atoms with Gasteiger partial charge < -0.3 is 14.9 Å². The van der Waals surface area contributed by atoms with Crippen molar-refractivity contribution in [1.29, 1.82) is 0 Å². The number of hydrogen-bond acceptors (Lipinski definition) is 4. The predicted octanol–water partition coefficient (Wildman–Crippen LogP) is 2.27. The number of carboxylic acid groups (broad SMARTS) is 2. The number of carbonyl (C=O) groups excluding carboxylic acids is 1. The van der Waals surface area contributed by atoms with Crippen molar-refractivity contribution in [2.45, 2.75) is 42.5 Å². The third kappa shape index (κ3) is 20.5. The molecule has 2 N–H and O–H groups in total. The Morgan fingerprint density at radius 2 is 1.35 bits per heavy atom. The maximum absolute atomic E-state index is 10.2. The van der Waals surface area contributed by atoms with Gasteiger partial charge in [-0.15, -0.1) is 0 Å². The van der Waals surface area contributed by atoms with Crippen molar-refractivity contribution in [2.24, 2.45) is 5.92 Å². The summed E-state index contributed by atoms with van der Waals surface area (Å²) >= 11 is 0. The molecule has 6 heteroatoms. The monoisotopic (exact) mass is 254 g/mol. The molecule has 0 amide bonds. The van der Waals surface area contributed by atoms with Crippen LogP contribution < -0.4 is 0 Å². The predicted molar refractivity (Wildman–Crippen MR) is 66.9 cm³/mol. The van der Waals surface area contributed by atoms with Crippen LogP contribution in [0.5, 0.6) is 0 Å². The highest BCUT2D eigenvalue weighted by atomic mass is 16.5. The van der Waals surface area contributed by atoms with Gasteiger partial charge in [-0.25, -0.2) is 0 Å². The summed E-state index contributed by atoms with van der Waals surface area (Å²) in [5, 5.41) is 16.7. The van der Waals surface area contributed by atoms with Crippen molar-refractivity contribution in [1.82, 2.24) is 0 Å². The topological polar surface area (TPSA) is 101 Å². The van der Waals surface area contributed by atoms with Crippen LogP contribution in [0.3, 0.4) is 0 Å². The van der Waals surface area contributed by atoms with E-state index in [2.05, 4.69) is 4.74 Å². The van der Waals surface area contributed by atoms with Gasteiger partial charge in [0.15, 0.2) is 0 Å². The van der Waals surface area contributed by atoms with E-state index in [4.69, 9.17) is 10.2 Å².